The normalized spacial score (nSPS) is 11.9. The molecule has 0 saturated carbocycles. The van der Waals surface area contributed by atoms with Gasteiger partial charge in [-0.15, -0.1) is 0 Å². The number of rotatable bonds is 33. The van der Waals surface area contributed by atoms with Crippen molar-refractivity contribution in [2.45, 2.75) is 207 Å². The van der Waals surface area contributed by atoms with E-state index >= 15 is 0 Å². The maximum Gasteiger partial charge on any atom is 0.245 e. The van der Waals surface area contributed by atoms with Crippen molar-refractivity contribution in [1.82, 2.24) is 10.2 Å². The van der Waals surface area contributed by atoms with E-state index in [-0.39, 0.29) is 24.7 Å². The van der Waals surface area contributed by atoms with Crippen LogP contribution in [0.1, 0.15) is 201 Å². The van der Waals surface area contributed by atoms with Crippen molar-refractivity contribution < 1.29 is 14.4 Å². The van der Waals surface area contributed by atoms with Gasteiger partial charge < -0.3 is 16.0 Å². The predicted molar refractivity (Wildman–Crippen MR) is 184 cm³/mol. The van der Waals surface area contributed by atoms with Crippen LogP contribution in [0.4, 0.5) is 0 Å². The molecule has 0 heterocycles. The van der Waals surface area contributed by atoms with E-state index in [2.05, 4.69) is 26.1 Å². The van der Waals surface area contributed by atoms with E-state index in [1.54, 1.807) is 0 Å². The molecular formula is C37H73N3O3. The molecule has 3 amide bonds. The second kappa shape index (κ2) is 31.8. The quantitative estimate of drug-likeness (QED) is 0.0727. The minimum Gasteiger partial charge on any atom is -0.370 e. The number of primary amides is 1. The molecule has 0 unspecified atom stereocenters. The highest BCUT2D eigenvalue weighted by Gasteiger charge is 2.26. The monoisotopic (exact) mass is 608 g/mol. The van der Waals surface area contributed by atoms with Gasteiger partial charge in [0.15, 0.2) is 0 Å². The second-order valence-corrected chi connectivity index (χ2v) is 13.0. The Kier molecular flexibility index (Phi) is 30.6. The van der Waals surface area contributed by atoms with Gasteiger partial charge in [-0.05, 0) is 25.7 Å². The summed E-state index contributed by atoms with van der Waals surface area (Å²) < 4.78 is 0. The first-order chi connectivity index (χ1) is 21.0. The Labute approximate surface area is 267 Å². The van der Waals surface area contributed by atoms with Gasteiger partial charge in [0.2, 0.25) is 17.7 Å². The van der Waals surface area contributed by atoms with Crippen LogP contribution in [0.25, 0.3) is 0 Å². The molecule has 0 spiro atoms. The molecular weight excluding hydrogens is 534 g/mol. The molecule has 0 aromatic carbocycles. The molecule has 0 radical (unpaired) electrons. The molecule has 3 N–H and O–H groups in total. The van der Waals surface area contributed by atoms with Gasteiger partial charge in [-0.3, -0.25) is 14.4 Å². The zero-order valence-electron chi connectivity index (χ0n) is 29.0. The average molecular weight is 608 g/mol. The summed E-state index contributed by atoms with van der Waals surface area (Å²) in [6, 6.07) is -0.664. The third-order valence-electron chi connectivity index (χ3n) is 8.69. The SMILES string of the molecule is CCCCCCCCCCCCCCCCCC(=O)N[C@@H](CCC(N)=O)C(=O)N(CCCCCCC)CCCCCCC. The summed E-state index contributed by atoms with van der Waals surface area (Å²) >= 11 is 0. The van der Waals surface area contributed by atoms with E-state index in [4.69, 9.17) is 5.73 Å². The lowest BCUT2D eigenvalue weighted by Crippen LogP contribution is -2.49. The average Bonchev–Trinajstić information content (AvgIpc) is 2.99. The lowest BCUT2D eigenvalue weighted by atomic mass is 10.0. The molecule has 1 atom stereocenters. The van der Waals surface area contributed by atoms with Crippen LogP contribution in [0.5, 0.6) is 0 Å². The number of nitrogens with one attached hydrogen (secondary N) is 1. The molecule has 43 heavy (non-hydrogen) atoms. The van der Waals surface area contributed by atoms with Crippen LogP contribution < -0.4 is 11.1 Å². The zero-order valence-corrected chi connectivity index (χ0v) is 29.0. The summed E-state index contributed by atoms with van der Waals surface area (Å²) in [5.41, 5.74) is 5.42. The highest BCUT2D eigenvalue weighted by Crippen LogP contribution is 2.15. The number of carbonyl (C=O) groups is 3. The van der Waals surface area contributed by atoms with Crippen LogP contribution >= 0.6 is 0 Å². The maximum absolute atomic E-state index is 13.6. The van der Waals surface area contributed by atoms with Crippen molar-refractivity contribution in [3.63, 3.8) is 0 Å². The molecule has 0 aliphatic carbocycles. The summed E-state index contributed by atoms with van der Waals surface area (Å²) in [6.07, 6.45) is 31.6. The van der Waals surface area contributed by atoms with Gasteiger partial charge in [0.25, 0.3) is 0 Å². The van der Waals surface area contributed by atoms with E-state index < -0.39 is 11.9 Å². The minimum absolute atomic E-state index is 0.0444. The molecule has 0 aliphatic rings. The molecule has 0 fully saturated rings. The Bertz CT molecular complexity index is 641. The number of hydrogen-bond donors (Lipinski definition) is 2. The molecule has 6 nitrogen and oxygen atoms in total. The first kappa shape index (κ1) is 41.4. The van der Waals surface area contributed by atoms with Gasteiger partial charge in [0.1, 0.15) is 6.04 Å². The topological polar surface area (TPSA) is 92.5 Å². The molecule has 254 valence electrons. The fourth-order valence-electron chi connectivity index (χ4n) is 5.83. The molecule has 0 bridgehead atoms. The van der Waals surface area contributed by atoms with E-state index in [0.717, 1.165) is 51.6 Å². The number of unbranched alkanes of at least 4 members (excludes halogenated alkanes) is 22. The Morgan fingerprint density at radius 3 is 1.23 bits per heavy atom. The molecule has 0 aromatic heterocycles. The summed E-state index contributed by atoms with van der Waals surface area (Å²) in [5.74, 6) is -0.555. The Morgan fingerprint density at radius 1 is 0.512 bits per heavy atom. The van der Waals surface area contributed by atoms with Crippen molar-refractivity contribution in [2.24, 2.45) is 5.73 Å². The fraction of sp³-hybridized carbons (Fsp3) is 0.919. The van der Waals surface area contributed by atoms with Gasteiger partial charge in [-0.2, -0.15) is 0 Å². The lowest BCUT2D eigenvalue weighted by molar-refractivity contribution is -0.137. The van der Waals surface area contributed by atoms with Crippen LogP contribution in [0, 0.1) is 0 Å². The second-order valence-electron chi connectivity index (χ2n) is 13.0. The summed E-state index contributed by atoms with van der Waals surface area (Å²) in [4.78, 5) is 39.9. The summed E-state index contributed by atoms with van der Waals surface area (Å²) in [6.45, 7) is 8.12. The maximum atomic E-state index is 13.6. The number of amides is 3. The zero-order chi connectivity index (χ0) is 31.8. The molecule has 0 aliphatic heterocycles. The Balaban J connectivity index is 4.44. The Hall–Kier alpha value is -1.59. The molecule has 0 aromatic rings. The molecule has 0 saturated heterocycles. The number of nitrogens with two attached hydrogens (primary N) is 1. The first-order valence-electron chi connectivity index (χ1n) is 18.8. The third-order valence-corrected chi connectivity index (χ3v) is 8.69. The van der Waals surface area contributed by atoms with Crippen molar-refractivity contribution in [1.29, 1.82) is 0 Å². The van der Waals surface area contributed by atoms with Gasteiger partial charge in [0, 0.05) is 25.9 Å². The van der Waals surface area contributed by atoms with Crippen molar-refractivity contribution in [3.05, 3.63) is 0 Å². The molecule has 0 rings (SSSR count). The lowest BCUT2D eigenvalue weighted by Gasteiger charge is -2.28. The third kappa shape index (κ3) is 27.7. The van der Waals surface area contributed by atoms with Crippen LogP contribution in [-0.2, 0) is 14.4 Å². The summed E-state index contributed by atoms with van der Waals surface area (Å²) in [7, 11) is 0. The number of nitrogens with zero attached hydrogens (tertiary/aromatic N) is 1. The minimum atomic E-state index is -0.664. The van der Waals surface area contributed by atoms with E-state index in [0.29, 0.717) is 6.42 Å². The number of hydrogen-bond acceptors (Lipinski definition) is 3. The van der Waals surface area contributed by atoms with Gasteiger partial charge in [-0.1, -0.05) is 162 Å². The highest BCUT2D eigenvalue weighted by molar-refractivity contribution is 5.88. The van der Waals surface area contributed by atoms with E-state index in [1.165, 1.54) is 122 Å². The standard InChI is InChI=1S/C37H73N3O3/c1-4-7-10-13-14-15-16-17-18-19-20-21-22-23-26-29-36(42)39-34(30-31-35(38)41)37(43)40(32-27-24-11-8-5-2)33-28-25-12-9-6-3/h34H,4-33H2,1-3H3,(H2,38,41)(H,39,42)/t34-/m0/s1. The molecule has 6 heteroatoms. The fourth-order valence-corrected chi connectivity index (χ4v) is 5.83. The van der Waals surface area contributed by atoms with Crippen molar-refractivity contribution in [2.75, 3.05) is 13.1 Å². The van der Waals surface area contributed by atoms with Crippen LogP contribution in [0.2, 0.25) is 0 Å². The van der Waals surface area contributed by atoms with Crippen LogP contribution in [0.3, 0.4) is 0 Å². The largest absolute Gasteiger partial charge is 0.370 e. The Morgan fingerprint density at radius 2 is 0.860 bits per heavy atom. The smallest absolute Gasteiger partial charge is 0.245 e. The van der Waals surface area contributed by atoms with Crippen LogP contribution in [0.15, 0.2) is 0 Å². The highest BCUT2D eigenvalue weighted by atomic mass is 16.2. The summed E-state index contributed by atoms with van der Waals surface area (Å²) in [5, 5.41) is 2.99. The van der Waals surface area contributed by atoms with Gasteiger partial charge >= 0.3 is 0 Å². The van der Waals surface area contributed by atoms with Gasteiger partial charge in [0.05, 0.1) is 0 Å². The van der Waals surface area contributed by atoms with E-state index in [1.807, 2.05) is 4.90 Å². The first-order valence-corrected chi connectivity index (χ1v) is 18.8. The van der Waals surface area contributed by atoms with Crippen molar-refractivity contribution >= 4 is 17.7 Å². The van der Waals surface area contributed by atoms with Crippen LogP contribution in [-0.4, -0.2) is 41.8 Å². The predicted octanol–water partition coefficient (Wildman–Crippen LogP) is 9.77. The van der Waals surface area contributed by atoms with Crippen molar-refractivity contribution in [3.8, 4) is 0 Å². The van der Waals surface area contributed by atoms with Gasteiger partial charge in [-0.25, -0.2) is 0 Å². The van der Waals surface area contributed by atoms with E-state index in [9.17, 15) is 14.4 Å². The number of carbonyl (C=O) groups excluding carboxylic acids is 3.